The summed E-state index contributed by atoms with van der Waals surface area (Å²) in [5.74, 6) is -0.436. The third-order valence-electron chi connectivity index (χ3n) is 4.60. The van der Waals surface area contributed by atoms with Crippen molar-refractivity contribution in [1.82, 2.24) is 5.32 Å². The SMILES string of the molecule is Cc1cc(C)c(NC(=O)c2cccc(C(=O)NCc3ccccc3)c2)c(C)c1. The average Bonchev–Trinajstić information content (AvgIpc) is 2.69. The predicted molar refractivity (Wildman–Crippen MR) is 113 cm³/mol. The number of hydrogen-bond donors (Lipinski definition) is 2. The van der Waals surface area contributed by atoms with Crippen molar-refractivity contribution in [3.8, 4) is 0 Å². The monoisotopic (exact) mass is 372 g/mol. The van der Waals surface area contributed by atoms with Crippen LogP contribution in [0.5, 0.6) is 0 Å². The van der Waals surface area contributed by atoms with Crippen LogP contribution in [0.1, 0.15) is 43.0 Å². The smallest absolute Gasteiger partial charge is 0.255 e. The number of nitrogens with one attached hydrogen (secondary N) is 2. The zero-order valence-corrected chi connectivity index (χ0v) is 16.4. The Balaban J connectivity index is 1.72. The summed E-state index contributed by atoms with van der Waals surface area (Å²) in [6.07, 6.45) is 0. The molecule has 0 bridgehead atoms. The van der Waals surface area contributed by atoms with Crippen molar-refractivity contribution in [1.29, 1.82) is 0 Å². The Bertz CT molecular complexity index is 987. The van der Waals surface area contributed by atoms with Crippen LogP contribution < -0.4 is 10.6 Å². The van der Waals surface area contributed by atoms with Gasteiger partial charge in [0, 0.05) is 23.4 Å². The Morgan fingerprint density at radius 3 is 2.00 bits per heavy atom. The quantitative estimate of drug-likeness (QED) is 0.676. The van der Waals surface area contributed by atoms with Crippen LogP contribution in [0.15, 0.2) is 66.7 Å². The van der Waals surface area contributed by atoms with Crippen LogP contribution in [0.4, 0.5) is 5.69 Å². The Kier molecular flexibility index (Phi) is 5.90. The molecule has 2 amide bonds. The van der Waals surface area contributed by atoms with E-state index in [-0.39, 0.29) is 11.8 Å². The first-order valence-electron chi connectivity index (χ1n) is 9.25. The minimum atomic E-state index is -0.229. The van der Waals surface area contributed by atoms with E-state index in [4.69, 9.17) is 0 Å². The van der Waals surface area contributed by atoms with Crippen LogP contribution in [0.2, 0.25) is 0 Å². The van der Waals surface area contributed by atoms with Gasteiger partial charge in [0.2, 0.25) is 0 Å². The molecule has 4 nitrogen and oxygen atoms in total. The minimum Gasteiger partial charge on any atom is -0.348 e. The van der Waals surface area contributed by atoms with Gasteiger partial charge < -0.3 is 10.6 Å². The molecule has 0 aliphatic heterocycles. The van der Waals surface area contributed by atoms with Crippen LogP contribution in [-0.2, 0) is 6.54 Å². The van der Waals surface area contributed by atoms with E-state index in [1.807, 2.05) is 63.2 Å². The van der Waals surface area contributed by atoms with Crippen LogP contribution in [-0.4, -0.2) is 11.8 Å². The Labute approximate surface area is 165 Å². The van der Waals surface area contributed by atoms with Crippen molar-refractivity contribution < 1.29 is 9.59 Å². The number of carbonyl (C=O) groups is 2. The van der Waals surface area contributed by atoms with Crippen LogP contribution >= 0.6 is 0 Å². The van der Waals surface area contributed by atoms with E-state index >= 15 is 0 Å². The van der Waals surface area contributed by atoms with E-state index < -0.39 is 0 Å². The first-order valence-corrected chi connectivity index (χ1v) is 9.25. The summed E-state index contributed by atoms with van der Waals surface area (Å²) in [4.78, 5) is 25.2. The molecule has 0 atom stereocenters. The summed E-state index contributed by atoms with van der Waals surface area (Å²) in [7, 11) is 0. The molecule has 3 rings (SSSR count). The standard InChI is InChI=1S/C24H24N2O2/c1-16-12-17(2)22(18(3)13-16)26-24(28)21-11-7-10-20(14-21)23(27)25-15-19-8-5-4-6-9-19/h4-14H,15H2,1-3H3,(H,25,27)(H,26,28). The number of carbonyl (C=O) groups excluding carboxylic acids is 2. The van der Waals surface area contributed by atoms with Gasteiger partial charge in [0.1, 0.15) is 0 Å². The zero-order valence-electron chi connectivity index (χ0n) is 16.4. The number of anilines is 1. The van der Waals surface area contributed by atoms with E-state index in [1.54, 1.807) is 24.3 Å². The number of rotatable bonds is 5. The first-order chi connectivity index (χ1) is 13.4. The highest BCUT2D eigenvalue weighted by molar-refractivity contribution is 6.06. The van der Waals surface area contributed by atoms with Gasteiger partial charge in [0.25, 0.3) is 11.8 Å². The Morgan fingerprint density at radius 2 is 1.36 bits per heavy atom. The summed E-state index contributed by atoms with van der Waals surface area (Å²) < 4.78 is 0. The van der Waals surface area contributed by atoms with Crippen molar-refractivity contribution >= 4 is 17.5 Å². The molecule has 28 heavy (non-hydrogen) atoms. The molecule has 4 heteroatoms. The third-order valence-corrected chi connectivity index (χ3v) is 4.60. The Morgan fingerprint density at radius 1 is 0.750 bits per heavy atom. The lowest BCUT2D eigenvalue weighted by Crippen LogP contribution is -2.23. The van der Waals surface area contributed by atoms with E-state index in [2.05, 4.69) is 10.6 Å². The molecule has 0 heterocycles. The second-order valence-corrected chi connectivity index (χ2v) is 6.98. The number of benzene rings is 3. The zero-order chi connectivity index (χ0) is 20.1. The molecule has 2 N–H and O–H groups in total. The Hall–Kier alpha value is -3.40. The van der Waals surface area contributed by atoms with E-state index in [9.17, 15) is 9.59 Å². The van der Waals surface area contributed by atoms with Gasteiger partial charge in [0.05, 0.1) is 0 Å². The van der Waals surface area contributed by atoms with Gasteiger partial charge in [-0.15, -0.1) is 0 Å². The van der Waals surface area contributed by atoms with Gasteiger partial charge >= 0.3 is 0 Å². The maximum atomic E-state index is 12.7. The maximum Gasteiger partial charge on any atom is 0.255 e. The molecule has 0 unspecified atom stereocenters. The topological polar surface area (TPSA) is 58.2 Å². The van der Waals surface area contributed by atoms with E-state index in [0.29, 0.717) is 17.7 Å². The molecule has 0 saturated carbocycles. The highest BCUT2D eigenvalue weighted by atomic mass is 16.2. The van der Waals surface area contributed by atoms with Crippen molar-refractivity contribution in [2.45, 2.75) is 27.3 Å². The van der Waals surface area contributed by atoms with Gasteiger partial charge in [0.15, 0.2) is 0 Å². The second-order valence-electron chi connectivity index (χ2n) is 6.98. The van der Waals surface area contributed by atoms with Crippen molar-refractivity contribution in [2.24, 2.45) is 0 Å². The highest BCUT2D eigenvalue weighted by Crippen LogP contribution is 2.22. The summed E-state index contributed by atoms with van der Waals surface area (Å²) >= 11 is 0. The van der Waals surface area contributed by atoms with Crippen molar-refractivity contribution in [2.75, 3.05) is 5.32 Å². The fourth-order valence-corrected chi connectivity index (χ4v) is 3.24. The summed E-state index contributed by atoms with van der Waals surface area (Å²) in [5, 5.41) is 5.86. The largest absolute Gasteiger partial charge is 0.348 e. The lowest BCUT2D eigenvalue weighted by molar-refractivity contribution is 0.0951. The molecular weight excluding hydrogens is 348 g/mol. The lowest BCUT2D eigenvalue weighted by Gasteiger charge is -2.13. The number of hydrogen-bond acceptors (Lipinski definition) is 2. The van der Waals surface area contributed by atoms with Crippen LogP contribution in [0.3, 0.4) is 0 Å². The molecule has 0 aliphatic carbocycles. The minimum absolute atomic E-state index is 0.207. The normalized spacial score (nSPS) is 10.4. The van der Waals surface area contributed by atoms with Crippen LogP contribution in [0, 0.1) is 20.8 Å². The summed E-state index contributed by atoms with van der Waals surface area (Å²) in [6.45, 7) is 6.42. The molecule has 3 aromatic rings. The number of amides is 2. The number of aryl methyl sites for hydroxylation is 3. The van der Waals surface area contributed by atoms with Gasteiger partial charge in [-0.1, -0.05) is 54.1 Å². The average molecular weight is 372 g/mol. The molecule has 3 aromatic carbocycles. The van der Waals surface area contributed by atoms with Gasteiger partial charge in [-0.25, -0.2) is 0 Å². The molecular formula is C24H24N2O2. The highest BCUT2D eigenvalue weighted by Gasteiger charge is 2.13. The van der Waals surface area contributed by atoms with Crippen molar-refractivity contribution in [3.63, 3.8) is 0 Å². The fraction of sp³-hybridized carbons (Fsp3) is 0.167. The molecule has 142 valence electrons. The van der Waals surface area contributed by atoms with Gasteiger partial charge in [-0.3, -0.25) is 9.59 Å². The first kappa shape index (κ1) is 19.4. The molecule has 0 radical (unpaired) electrons. The summed E-state index contributed by atoms with van der Waals surface area (Å²) in [6, 6.07) is 20.5. The third kappa shape index (κ3) is 4.65. The fourth-order valence-electron chi connectivity index (χ4n) is 3.24. The predicted octanol–water partition coefficient (Wildman–Crippen LogP) is 4.79. The van der Waals surface area contributed by atoms with Crippen molar-refractivity contribution in [3.05, 3.63) is 100 Å². The van der Waals surface area contributed by atoms with E-state index in [0.717, 1.165) is 27.9 Å². The lowest BCUT2D eigenvalue weighted by atomic mass is 10.0. The summed E-state index contributed by atoms with van der Waals surface area (Å²) in [5.41, 5.74) is 5.94. The van der Waals surface area contributed by atoms with Gasteiger partial charge in [-0.05, 0) is 55.7 Å². The molecule has 0 spiro atoms. The molecule has 0 aliphatic rings. The molecule has 0 saturated heterocycles. The second kappa shape index (κ2) is 8.53. The van der Waals surface area contributed by atoms with E-state index in [1.165, 1.54) is 0 Å². The maximum absolute atomic E-state index is 12.7. The molecule has 0 fully saturated rings. The van der Waals surface area contributed by atoms with Gasteiger partial charge in [-0.2, -0.15) is 0 Å². The molecule has 0 aromatic heterocycles. The van der Waals surface area contributed by atoms with Crippen LogP contribution in [0.25, 0.3) is 0 Å².